The zero-order valence-electron chi connectivity index (χ0n) is 10.2. The summed E-state index contributed by atoms with van der Waals surface area (Å²) in [5.74, 6) is 2.95. The summed E-state index contributed by atoms with van der Waals surface area (Å²) in [6, 6.07) is 3.75. The van der Waals surface area contributed by atoms with Crippen LogP contribution in [-0.4, -0.2) is 24.4 Å². The van der Waals surface area contributed by atoms with Crippen LogP contribution < -0.4 is 4.74 Å². The minimum absolute atomic E-state index is 0.611. The van der Waals surface area contributed by atoms with Gasteiger partial charge in [0, 0.05) is 4.47 Å². The second kappa shape index (κ2) is 7.77. The molecule has 4 heteroatoms. The number of aldehydes is 1. The Hall–Kier alpha value is -0.480. The molecule has 0 heterocycles. The first-order valence-electron chi connectivity index (χ1n) is 5.65. The van der Waals surface area contributed by atoms with Gasteiger partial charge in [0.05, 0.1) is 12.2 Å². The molecule has 0 aliphatic carbocycles. The number of benzene rings is 1. The molecule has 0 amide bonds. The van der Waals surface area contributed by atoms with Crippen molar-refractivity contribution >= 4 is 34.0 Å². The number of rotatable bonds is 7. The van der Waals surface area contributed by atoms with Gasteiger partial charge in [0.2, 0.25) is 0 Å². The highest BCUT2D eigenvalue weighted by Crippen LogP contribution is 2.27. The van der Waals surface area contributed by atoms with Crippen LogP contribution in [0.5, 0.6) is 5.75 Å². The largest absolute Gasteiger partial charge is 0.493 e. The number of carbonyl (C=O) groups is 1. The van der Waals surface area contributed by atoms with E-state index in [0.29, 0.717) is 17.9 Å². The molecular formula is C13H17BrO2S. The zero-order chi connectivity index (χ0) is 12.7. The average molecular weight is 317 g/mol. The first-order valence-corrected chi connectivity index (χ1v) is 7.59. The molecule has 0 unspecified atom stereocenters. The molecule has 1 aromatic rings. The summed E-state index contributed by atoms with van der Waals surface area (Å²) >= 11 is 5.28. The maximum Gasteiger partial charge on any atom is 0.153 e. The molecule has 2 nitrogen and oxygen atoms in total. The predicted molar refractivity (Wildman–Crippen MR) is 77.4 cm³/mol. The van der Waals surface area contributed by atoms with Crippen molar-refractivity contribution in [1.29, 1.82) is 0 Å². The van der Waals surface area contributed by atoms with E-state index in [2.05, 4.69) is 22.9 Å². The fourth-order valence-electron chi connectivity index (χ4n) is 1.52. The van der Waals surface area contributed by atoms with E-state index >= 15 is 0 Å². The number of thioether (sulfide) groups is 1. The van der Waals surface area contributed by atoms with E-state index in [1.165, 1.54) is 0 Å². The van der Waals surface area contributed by atoms with Gasteiger partial charge in [-0.25, -0.2) is 0 Å². The van der Waals surface area contributed by atoms with Crippen molar-refractivity contribution in [3.05, 3.63) is 27.7 Å². The lowest BCUT2D eigenvalue weighted by molar-refractivity contribution is 0.111. The lowest BCUT2D eigenvalue weighted by Crippen LogP contribution is -2.03. The summed E-state index contributed by atoms with van der Waals surface area (Å²) in [5.41, 5.74) is 1.60. The molecule has 0 bridgehead atoms. The van der Waals surface area contributed by atoms with Crippen molar-refractivity contribution in [3.8, 4) is 5.75 Å². The number of hydrogen-bond donors (Lipinski definition) is 0. The Kier molecular flexibility index (Phi) is 6.66. The van der Waals surface area contributed by atoms with Crippen LogP contribution in [0.2, 0.25) is 0 Å². The van der Waals surface area contributed by atoms with Gasteiger partial charge in [-0.3, -0.25) is 4.79 Å². The maximum atomic E-state index is 11.0. The smallest absolute Gasteiger partial charge is 0.153 e. The fourth-order valence-corrected chi connectivity index (χ4v) is 2.72. The van der Waals surface area contributed by atoms with Crippen LogP contribution in [0.4, 0.5) is 0 Å². The molecule has 17 heavy (non-hydrogen) atoms. The topological polar surface area (TPSA) is 26.3 Å². The SMILES string of the molecule is CCSCCCOc1c(C)cc(Br)cc1C=O. The third kappa shape index (κ3) is 4.72. The highest BCUT2D eigenvalue weighted by Gasteiger charge is 2.08. The normalized spacial score (nSPS) is 10.3. The van der Waals surface area contributed by atoms with Crippen molar-refractivity contribution in [2.75, 3.05) is 18.1 Å². The van der Waals surface area contributed by atoms with Crippen LogP contribution in [0.1, 0.15) is 29.3 Å². The molecule has 0 saturated heterocycles. The predicted octanol–water partition coefficient (Wildman–Crippen LogP) is 4.09. The summed E-state index contributed by atoms with van der Waals surface area (Å²) in [6.45, 7) is 4.76. The number of ether oxygens (including phenoxy) is 1. The molecule has 1 rings (SSSR count). The summed E-state index contributed by atoms with van der Waals surface area (Å²) in [4.78, 5) is 11.0. The standard InChI is InChI=1S/C13H17BrO2S/c1-3-17-6-4-5-16-13-10(2)7-12(14)8-11(13)9-15/h7-9H,3-6H2,1-2H3. The quantitative estimate of drug-likeness (QED) is 0.560. The van der Waals surface area contributed by atoms with Crippen LogP contribution >= 0.6 is 27.7 Å². The van der Waals surface area contributed by atoms with E-state index < -0.39 is 0 Å². The molecule has 0 aliphatic heterocycles. The van der Waals surface area contributed by atoms with Gasteiger partial charge >= 0.3 is 0 Å². The van der Waals surface area contributed by atoms with E-state index in [-0.39, 0.29) is 0 Å². The van der Waals surface area contributed by atoms with Crippen LogP contribution in [0.15, 0.2) is 16.6 Å². The number of halogens is 1. The van der Waals surface area contributed by atoms with Crippen LogP contribution in [0.3, 0.4) is 0 Å². The molecule has 0 aliphatic rings. The summed E-state index contributed by atoms with van der Waals surface area (Å²) in [6.07, 6.45) is 1.85. The summed E-state index contributed by atoms with van der Waals surface area (Å²) in [5, 5.41) is 0. The molecule has 94 valence electrons. The van der Waals surface area contributed by atoms with Gasteiger partial charge in [0.25, 0.3) is 0 Å². The molecule has 0 saturated carbocycles. The van der Waals surface area contributed by atoms with Gasteiger partial charge in [0.1, 0.15) is 5.75 Å². The lowest BCUT2D eigenvalue weighted by atomic mass is 10.1. The monoisotopic (exact) mass is 316 g/mol. The minimum atomic E-state index is 0.611. The van der Waals surface area contributed by atoms with Gasteiger partial charge in [-0.05, 0) is 42.5 Å². The van der Waals surface area contributed by atoms with Crippen LogP contribution in [0, 0.1) is 6.92 Å². The first-order chi connectivity index (χ1) is 8.19. The summed E-state index contributed by atoms with van der Waals surface area (Å²) < 4.78 is 6.60. The molecule has 0 atom stereocenters. The Morgan fingerprint density at radius 2 is 2.24 bits per heavy atom. The lowest BCUT2D eigenvalue weighted by Gasteiger charge is -2.11. The zero-order valence-corrected chi connectivity index (χ0v) is 12.6. The molecule has 0 N–H and O–H groups in total. The van der Waals surface area contributed by atoms with Crippen molar-refractivity contribution in [3.63, 3.8) is 0 Å². The third-order valence-electron chi connectivity index (χ3n) is 2.28. The Morgan fingerprint density at radius 3 is 2.88 bits per heavy atom. The molecular weight excluding hydrogens is 300 g/mol. The van der Waals surface area contributed by atoms with Crippen molar-refractivity contribution in [1.82, 2.24) is 0 Å². The molecule has 0 aromatic heterocycles. The number of aryl methyl sites for hydroxylation is 1. The van der Waals surface area contributed by atoms with Crippen molar-refractivity contribution in [2.45, 2.75) is 20.3 Å². The van der Waals surface area contributed by atoms with Crippen molar-refractivity contribution in [2.24, 2.45) is 0 Å². The number of carbonyl (C=O) groups excluding carboxylic acids is 1. The van der Waals surface area contributed by atoms with Crippen molar-refractivity contribution < 1.29 is 9.53 Å². The van der Waals surface area contributed by atoms with Crippen LogP contribution in [-0.2, 0) is 0 Å². The van der Waals surface area contributed by atoms with Gasteiger partial charge in [-0.2, -0.15) is 11.8 Å². The van der Waals surface area contributed by atoms with Crippen LogP contribution in [0.25, 0.3) is 0 Å². The highest BCUT2D eigenvalue weighted by molar-refractivity contribution is 9.10. The van der Waals surface area contributed by atoms with E-state index in [1.807, 2.05) is 24.8 Å². The van der Waals surface area contributed by atoms with E-state index in [9.17, 15) is 4.79 Å². The van der Waals surface area contributed by atoms with E-state index in [1.54, 1.807) is 6.07 Å². The maximum absolute atomic E-state index is 11.0. The molecule has 1 aromatic carbocycles. The third-order valence-corrected chi connectivity index (χ3v) is 3.72. The fraction of sp³-hybridized carbons (Fsp3) is 0.462. The average Bonchev–Trinajstić information content (AvgIpc) is 2.30. The van der Waals surface area contributed by atoms with Gasteiger partial charge in [0.15, 0.2) is 6.29 Å². The Labute approximate surface area is 115 Å². The van der Waals surface area contributed by atoms with E-state index in [0.717, 1.165) is 34.2 Å². The minimum Gasteiger partial charge on any atom is -0.493 e. The van der Waals surface area contributed by atoms with Gasteiger partial charge in [-0.1, -0.05) is 22.9 Å². The first kappa shape index (κ1) is 14.6. The Balaban J connectivity index is 2.60. The Morgan fingerprint density at radius 1 is 1.47 bits per heavy atom. The second-order valence-electron chi connectivity index (χ2n) is 3.66. The summed E-state index contributed by atoms with van der Waals surface area (Å²) in [7, 11) is 0. The number of hydrogen-bond acceptors (Lipinski definition) is 3. The molecule has 0 spiro atoms. The molecule has 0 radical (unpaired) electrons. The van der Waals surface area contributed by atoms with E-state index in [4.69, 9.17) is 4.74 Å². The molecule has 0 fully saturated rings. The Bertz CT molecular complexity index is 380. The second-order valence-corrected chi connectivity index (χ2v) is 5.97. The van der Waals surface area contributed by atoms with Gasteiger partial charge < -0.3 is 4.74 Å². The highest BCUT2D eigenvalue weighted by atomic mass is 79.9. The van der Waals surface area contributed by atoms with Gasteiger partial charge in [-0.15, -0.1) is 0 Å².